The number of ether oxygens (including phenoxy) is 2. The minimum absolute atomic E-state index is 0.0628. The summed E-state index contributed by atoms with van der Waals surface area (Å²) < 4.78 is 11.6. The molecule has 1 aromatic carbocycles. The average Bonchev–Trinajstić information content (AvgIpc) is 2.59. The standard InChI is InChI=1S/C21H34O2/c1-3-5-11-21-22-16-20(17-23-21)10-7-6-9-19-14-12-18(8-4-2)13-15-19/h12-15,20-21H,3-11,16-17H2,1-2H3. The van der Waals surface area contributed by atoms with E-state index in [-0.39, 0.29) is 6.29 Å². The molecule has 1 fully saturated rings. The van der Waals surface area contributed by atoms with Crippen LogP contribution in [-0.2, 0) is 22.3 Å². The highest BCUT2D eigenvalue weighted by molar-refractivity contribution is 5.22. The van der Waals surface area contributed by atoms with Crippen molar-refractivity contribution in [2.45, 2.75) is 77.9 Å². The molecule has 2 nitrogen and oxygen atoms in total. The van der Waals surface area contributed by atoms with Gasteiger partial charge >= 0.3 is 0 Å². The Labute approximate surface area is 142 Å². The largest absolute Gasteiger partial charge is 0.352 e. The van der Waals surface area contributed by atoms with Crippen LogP contribution in [0.25, 0.3) is 0 Å². The highest BCUT2D eigenvalue weighted by Crippen LogP contribution is 2.20. The Bertz CT molecular complexity index is 404. The van der Waals surface area contributed by atoms with Crippen molar-refractivity contribution < 1.29 is 9.47 Å². The maximum absolute atomic E-state index is 5.82. The lowest BCUT2D eigenvalue weighted by Gasteiger charge is -2.29. The van der Waals surface area contributed by atoms with Crippen molar-refractivity contribution in [3.63, 3.8) is 0 Å². The van der Waals surface area contributed by atoms with E-state index < -0.39 is 0 Å². The summed E-state index contributed by atoms with van der Waals surface area (Å²) in [5, 5.41) is 0. The molecule has 23 heavy (non-hydrogen) atoms. The van der Waals surface area contributed by atoms with Crippen molar-refractivity contribution in [1.82, 2.24) is 0 Å². The van der Waals surface area contributed by atoms with Gasteiger partial charge in [-0.2, -0.15) is 0 Å². The molecule has 2 rings (SSSR count). The van der Waals surface area contributed by atoms with Crippen molar-refractivity contribution in [3.8, 4) is 0 Å². The highest BCUT2D eigenvalue weighted by Gasteiger charge is 2.21. The van der Waals surface area contributed by atoms with E-state index in [1.54, 1.807) is 0 Å². The van der Waals surface area contributed by atoms with Crippen LogP contribution in [0.15, 0.2) is 24.3 Å². The molecule has 0 aliphatic carbocycles. The Balaban J connectivity index is 1.55. The molecular formula is C21H34O2. The third kappa shape index (κ3) is 7.05. The Hall–Kier alpha value is -0.860. The van der Waals surface area contributed by atoms with E-state index in [1.165, 1.54) is 62.5 Å². The fourth-order valence-corrected chi connectivity index (χ4v) is 3.21. The maximum Gasteiger partial charge on any atom is 0.157 e. The van der Waals surface area contributed by atoms with Gasteiger partial charge in [0.2, 0.25) is 0 Å². The zero-order valence-corrected chi connectivity index (χ0v) is 15.1. The highest BCUT2D eigenvalue weighted by atomic mass is 16.7. The summed E-state index contributed by atoms with van der Waals surface area (Å²) in [4.78, 5) is 0. The van der Waals surface area contributed by atoms with Crippen molar-refractivity contribution in [2.75, 3.05) is 13.2 Å². The predicted molar refractivity (Wildman–Crippen MR) is 96.7 cm³/mol. The molecule has 0 spiro atoms. The first-order valence-electron chi connectivity index (χ1n) is 9.62. The van der Waals surface area contributed by atoms with Gasteiger partial charge in [0, 0.05) is 5.92 Å². The minimum atomic E-state index is 0.0628. The molecule has 0 unspecified atom stereocenters. The second-order valence-electron chi connectivity index (χ2n) is 6.92. The van der Waals surface area contributed by atoms with Gasteiger partial charge in [0.15, 0.2) is 6.29 Å². The summed E-state index contributed by atoms with van der Waals surface area (Å²) >= 11 is 0. The van der Waals surface area contributed by atoms with Crippen LogP contribution < -0.4 is 0 Å². The quantitative estimate of drug-likeness (QED) is 0.528. The smallest absolute Gasteiger partial charge is 0.157 e. The first-order chi connectivity index (χ1) is 11.3. The van der Waals surface area contributed by atoms with E-state index >= 15 is 0 Å². The molecule has 0 aromatic heterocycles. The molecule has 0 saturated carbocycles. The van der Waals surface area contributed by atoms with Gasteiger partial charge in [0.1, 0.15) is 0 Å². The van der Waals surface area contributed by atoms with Crippen molar-refractivity contribution in [1.29, 1.82) is 0 Å². The molecule has 2 heteroatoms. The Morgan fingerprint density at radius 1 is 0.783 bits per heavy atom. The molecule has 1 aromatic rings. The second kappa shape index (κ2) is 10.8. The van der Waals surface area contributed by atoms with E-state index in [1.807, 2.05) is 0 Å². The molecular weight excluding hydrogens is 284 g/mol. The van der Waals surface area contributed by atoms with Crippen molar-refractivity contribution in [3.05, 3.63) is 35.4 Å². The molecule has 0 bridgehead atoms. The van der Waals surface area contributed by atoms with E-state index in [4.69, 9.17) is 9.47 Å². The van der Waals surface area contributed by atoms with Gasteiger partial charge in [-0.3, -0.25) is 0 Å². The zero-order chi connectivity index (χ0) is 16.3. The first kappa shape index (κ1) is 18.5. The fourth-order valence-electron chi connectivity index (χ4n) is 3.21. The molecule has 1 saturated heterocycles. The van der Waals surface area contributed by atoms with Gasteiger partial charge in [-0.1, -0.05) is 57.4 Å². The molecule has 130 valence electrons. The topological polar surface area (TPSA) is 18.5 Å². The number of rotatable bonds is 10. The van der Waals surface area contributed by atoms with Crippen LogP contribution in [0.4, 0.5) is 0 Å². The fraction of sp³-hybridized carbons (Fsp3) is 0.714. The van der Waals surface area contributed by atoms with Gasteiger partial charge in [-0.25, -0.2) is 0 Å². The first-order valence-corrected chi connectivity index (χ1v) is 9.62. The van der Waals surface area contributed by atoms with Gasteiger partial charge in [-0.15, -0.1) is 0 Å². The lowest BCUT2D eigenvalue weighted by molar-refractivity contribution is -0.204. The maximum atomic E-state index is 5.82. The third-order valence-electron chi connectivity index (χ3n) is 4.72. The lowest BCUT2D eigenvalue weighted by Crippen LogP contribution is -2.32. The van der Waals surface area contributed by atoms with Crippen LogP contribution in [0, 0.1) is 5.92 Å². The minimum Gasteiger partial charge on any atom is -0.352 e. The van der Waals surface area contributed by atoms with E-state index in [0.717, 1.165) is 19.6 Å². The van der Waals surface area contributed by atoms with Gasteiger partial charge in [-0.05, 0) is 49.7 Å². The number of unbranched alkanes of at least 4 members (excludes halogenated alkanes) is 2. The summed E-state index contributed by atoms with van der Waals surface area (Å²) in [7, 11) is 0. The van der Waals surface area contributed by atoms with E-state index in [0.29, 0.717) is 5.92 Å². The number of hydrogen-bond donors (Lipinski definition) is 0. The summed E-state index contributed by atoms with van der Waals surface area (Å²) in [6.45, 7) is 6.22. The van der Waals surface area contributed by atoms with Crippen LogP contribution in [-0.4, -0.2) is 19.5 Å². The molecule has 0 atom stereocenters. The number of aryl methyl sites for hydroxylation is 2. The third-order valence-corrected chi connectivity index (χ3v) is 4.72. The monoisotopic (exact) mass is 318 g/mol. The SMILES string of the molecule is CCCCC1OCC(CCCCc2ccc(CCC)cc2)CO1. The van der Waals surface area contributed by atoms with E-state index in [9.17, 15) is 0 Å². The number of hydrogen-bond acceptors (Lipinski definition) is 2. The van der Waals surface area contributed by atoms with Crippen molar-refractivity contribution >= 4 is 0 Å². The van der Waals surface area contributed by atoms with Crippen LogP contribution in [0.1, 0.15) is 69.9 Å². The van der Waals surface area contributed by atoms with Crippen LogP contribution in [0.5, 0.6) is 0 Å². The summed E-state index contributed by atoms with van der Waals surface area (Å²) in [6, 6.07) is 9.18. The van der Waals surface area contributed by atoms with E-state index in [2.05, 4.69) is 38.1 Å². The molecule has 1 heterocycles. The normalized spacial score (nSPS) is 21.5. The molecule has 1 aliphatic rings. The van der Waals surface area contributed by atoms with Crippen LogP contribution >= 0.6 is 0 Å². The Morgan fingerprint density at radius 3 is 2.04 bits per heavy atom. The van der Waals surface area contributed by atoms with Crippen LogP contribution in [0.2, 0.25) is 0 Å². The lowest BCUT2D eigenvalue weighted by atomic mass is 9.99. The molecule has 1 aliphatic heterocycles. The molecule has 0 radical (unpaired) electrons. The molecule has 0 amide bonds. The van der Waals surface area contributed by atoms with Gasteiger partial charge in [0.25, 0.3) is 0 Å². The van der Waals surface area contributed by atoms with Gasteiger partial charge in [0.05, 0.1) is 13.2 Å². The summed E-state index contributed by atoms with van der Waals surface area (Å²) in [5.41, 5.74) is 2.94. The summed E-state index contributed by atoms with van der Waals surface area (Å²) in [6.07, 6.45) is 10.9. The predicted octanol–water partition coefficient (Wildman–Crippen LogP) is 5.53. The summed E-state index contributed by atoms with van der Waals surface area (Å²) in [5.74, 6) is 0.597. The Kier molecular flexibility index (Phi) is 8.70. The second-order valence-corrected chi connectivity index (χ2v) is 6.92. The van der Waals surface area contributed by atoms with Crippen LogP contribution in [0.3, 0.4) is 0 Å². The average molecular weight is 319 g/mol. The molecule has 0 N–H and O–H groups in total. The Morgan fingerprint density at radius 2 is 1.43 bits per heavy atom. The number of benzene rings is 1. The van der Waals surface area contributed by atoms with Crippen molar-refractivity contribution in [2.24, 2.45) is 5.92 Å². The zero-order valence-electron chi connectivity index (χ0n) is 15.1. The van der Waals surface area contributed by atoms with Gasteiger partial charge < -0.3 is 9.47 Å².